The summed E-state index contributed by atoms with van der Waals surface area (Å²) in [5.41, 5.74) is 1.20. The first kappa shape index (κ1) is 17.1. The van der Waals surface area contributed by atoms with Crippen molar-refractivity contribution in [1.29, 1.82) is 0 Å². The Balaban J connectivity index is 1.75. The van der Waals surface area contributed by atoms with Crippen molar-refractivity contribution in [2.75, 3.05) is 13.4 Å². The molecule has 0 N–H and O–H groups in total. The molecule has 0 radical (unpaired) electrons. The van der Waals surface area contributed by atoms with Crippen molar-refractivity contribution in [2.45, 2.75) is 13.8 Å². The summed E-state index contributed by atoms with van der Waals surface area (Å²) < 4.78 is 17.7. The molecular weight excluding hydrogens is 346 g/mol. The monoisotopic (exact) mass is 365 g/mol. The summed E-state index contributed by atoms with van der Waals surface area (Å²) >= 11 is 0. The Morgan fingerprint density at radius 3 is 2.70 bits per heavy atom. The molecule has 4 rings (SSSR count). The van der Waals surface area contributed by atoms with Crippen molar-refractivity contribution in [2.24, 2.45) is 5.92 Å². The molecule has 138 valence electrons. The zero-order valence-electron chi connectivity index (χ0n) is 15.1. The van der Waals surface area contributed by atoms with Gasteiger partial charge in [0.2, 0.25) is 6.79 Å². The first-order valence-electron chi connectivity index (χ1n) is 8.71. The molecule has 1 aromatic heterocycles. The molecule has 0 spiro atoms. The molecule has 0 unspecified atom stereocenters. The van der Waals surface area contributed by atoms with E-state index in [1.807, 2.05) is 26.0 Å². The molecule has 0 saturated carbocycles. The molecule has 1 aliphatic heterocycles. The van der Waals surface area contributed by atoms with Gasteiger partial charge in [-0.25, -0.2) is 0 Å². The Morgan fingerprint density at radius 2 is 1.93 bits per heavy atom. The summed E-state index contributed by atoms with van der Waals surface area (Å²) in [6.07, 6.45) is 0. The third-order valence-electron chi connectivity index (χ3n) is 3.98. The van der Waals surface area contributed by atoms with Gasteiger partial charge in [0.05, 0.1) is 6.61 Å². The first-order chi connectivity index (χ1) is 13.1. The number of hydrogen-bond acceptors (Lipinski definition) is 6. The average molecular weight is 365 g/mol. The van der Waals surface area contributed by atoms with Crippen molar-refractivity contribution < 1.29 is 19.0 Å². The number of nitrogens with zero attached hydrogens (tertiary/aromatic N) is 3. The smallest absolute Gasteiger partial charge is 0.336 e. The van der Waals surface area contributed by atoms with Crippen LogP contribution in [0.15, 0.2) is 48.5 Å². The zero-order chi connectivity index (χ0) is 18.8. The van der Waals surface area contributed by atoms with Crippen LogP contribution in [0.2, 0.25) is 0 Å². The minimum Gasteiger partial charge on any atom is -0.462 e. The lowest BCUT2D eigenvalue weighted by atomic mass is 10.1. The molecule has 2 aromatic carbocycles. The van der Waals surface area contributed by atoms with Crippen LogP contribution in [0.4, 0.5) is 0 Å². The minimum absolute atomic E-state index is 0.167. The van der Waals surface area contributed by atoms with E-state index in [9.17, 15) is 4.79 Å². The van der Waals surface area contributed by atoms with E-state index in [1.165, 1.54) is 4.68 Å². The highest BCUT2D eigenvalue weighted by molar-refractivity contribution is 5.97. The fourth-order valence-corrected chi connectivity index (χ4v) is 2.66. The molecule has 0 amide bonds. The molecular formula is C20H19N3O4. The van der Waals surface area contributed by atoms with E-state index in [1.54, 1.807) is 36.4 Å². The average Bonchev–Trinajstić information content (AvgIpc) is 3.32. The maximum atomic E-state index is 13.0. The van der Waals surface area contributed by atoms with E-state index in [4.69, 9.17) is 14.2 Å². The molecule has 7 nitrogen and oxygen atoms in total. The van der Waals surface area contributed by atoms with Crippen LogP contribution in [-0.4, -0.2) is 34.1 Å². The highest BCUT2D eigenvalue weighted by Gasteiger charge is 2.22. The Kier molecular flexibility index (Phi) is 4.50. The van der Waals surface area contributed by atoms with E-state index in [0.717, 1.165) is 0 Å². The van der Waals surface area contributed by atoms with Crippen molar-refractivity contribution in [1.82, 2.24) is 14.8 Å². The predicted molar refractivity (Wildman–Crippen MR) is 98.1 cm³/mol. The molecule has 1 aliphatic rings. The second kappa shape index (κ2) is 7.11. The van der Waals surface area contributed by atoms with Gasteiger partial charge in [0.1, 0.15) is 0 Å². The highest BCUT2D eigenvalue weighted by atomic mass is 16.7. The van der Waals surface area contributed by atoms with Gasteiger partial charge in [-0.3, -0.25) is 4.79 Å². The van der Waals surface area contributed by atoms with Gasteiger partial charge >= 0.3 is 6.01 Å². The number of carbonyl (C=O) groups is 1. The van der Waals surface area contributed by atoms with Gasteiger partial charge in [-0.1, -0.05) is 32.0 Å². The summed E-state index contributed by atoms with van der Waals surface area (Å²) in [4.78, 5) is 17.4. The summed E-state index contributed by atoms with van der Waals surface area (Å²) in [6.45, 7) is 4.71. The normalized spacial score (nSPS) is 12.4. The topological polar surface area (TPSA) is 75.5 Å². The Morgan fingerprint density at radius 1 is 1.15 bits per heavy atom. The lowest BCUT2D eigenvalue weighted by molar-refractivity contribution is 0.0944. The second-order valence-corrected chi connectivity index (χ2v) is 6.57. The molecule has 27 heavy (non-hydrogen) atoms. The maximum absolute atomic E-state index is 13.0. The molecule has 0 fully saturated rings. The van der Waals surface area contributed by atoms with Crippen LogP contribution >= 0.6 is 0 Å². The van der Waals surface area contributed by atoms with Gasteiger partial charge in [0, 0.05) is 11.1 Å². The van der Waals surface area contributed by atoms with Crippen LogP contribution < -0.4 is 14.2 Å². The molecule has 3 aromatic rings. The minimum atomic E-state index is -0.282. The standard InChI is InChI=1S/C20H19N3O4/c1-13(2)11-25-20-21-18(15-8-9-16-17(10-15)27-12-26-16)23(22-20)19(24)14-6-4-3-5-7-14/h3-10,13H,11-12H2,1-2H3. The van der Waals surface area contributed by atoms with Gasteiger partial charge in [-0.15, -0.1) is 5.10 Å². The summed E-state index contributed by atoms with van der Waals surface area (Å²) in [7, 11) is 0. The van der Waals surface area contributed by atoms with Crippen LogP contribution in [0.3, 0.4) is 0 Å². The molecule has 0 atom stereocenters. The molecule has 0 bridgehead atoms. The van der Waals surface area contributed by atoms with Gasteiger partial charge in [0.15, 0.2) is 17.3 Å². The Bertz CT molecular complexity index is 967. The number of rotatable bonds is 5. The number of fused-ring (bicyclic) bond motifs is 1. The van der Waals surface area contributed by atoms with Crippen molar-refractivity contribution >= 4 is 5.91 Å². The van der Waals surface area contributed by atoms with Crippen molar-refractivity contribution in [3.05, 3.63) is 54.1 Å². The van der Waals surface area contributed by atoms with Crippen LogP contribution in [0.5, 0.6) is 17.5 Å². The van der Waals surface area contributed by atoms with Gasteiger partial charge < -0.3 is 14.2 Å². The van der Waals surface area contributed by atoms with E-state index in [0.29, 0.717) is 41.0 Å². The van der Waals surface area contributed by atoms with Crippen LogP contribution in [-0.2, 0) is 0 Å². The number of ether oxygens (including phenoxy) is 3. The molecule has 2 heterocycles. The molecule has 0 aliphatic carbocycles. The largest absolute Gasteiger partial charge is 0.462 e. The van der Waals surface area contributed by atoms with Crippen LogP contribution in [0, 0.1) is 5.92 Å². The summed E-state index contributed by atoms with van der Waals surface area (Å²) in [5.74, 6) is 1.70. The SMILES string of the molecule is CC(C)COc1nc(-c2ccc3c(c2)OCO3)n(C(=O)c2ccccc2)n1. The van der Waals surface area contributed by atoms with Crippen LogP contribution in [0.25, 0.3) is 11.4 Å². The number of aromatic nitrogens is 3. The highest BCUT2D eigenvalue weighted by Crippen LogP contribution is 2.35. The van der Waals surface area contributed by atoms with Crippen molar-refractivity contribution in [3.8, 4) is 28.9 Å². The van der Waals surface area contributed by atoms with Gasteiger partial charge in [0.25, 0.3) is 5.91 Å². The van der Waals surface area contributed by atoms with Gasteiger partial charge in [-0.2, -0.15) is 9.67 Å². The van der Waals surface area contributed by atoms with E-state index in [2.05, 4.69) is 10.1 Å². The molecule has 7 heteroatoms. The van der Waals surface area contributed by atoms with E-state index < -0.39 is 0 Å². The Hall–Kier alpha value is -3.35. The predicted octanol–water partition coefficient (Wildman–Crippen LogP) is 3.40. The van der Waals surface area contributed by atoms with Gasteiger partial charge in [-0.05, 0) is 36.2 Å². The van der Waals surface area contributed by atoms with E-state index >= 15 is 0 Å². The molecule has 0 saturated heterocycles. The summed E-state index contributed by atoms with van der Waals surface area (Å²) in [6, 6.07) is 14.5. The third kappa shape index (κ3) is 3.48. The fraction of sp³-hybridized carbons (Fsp3) is 0.250. The lowest BCUT2D eigenvalue weighted by Gasteiger charge is -2.05. The number of benzene rings is 2. The third-order valence-corrected chi connectivity index (χ3v) is 3.98. The fourth-order valence-electron chi connectivity index (χ4n) is 2.66. The zero-order valence-corrected chi connectivity index (χ0v) is 15.1. The maximum Gasteiger partial charge on any atom is 0.336 e. The number of hydrogen-bond donors (Lipinski definition) is 0. The van der Waals surface area contributed by atoms with Crippen molar-refractivity contribution in [3.63, 3.8) is 0 Å². The lowest BCUT2D eigenvalue weighted by Crippen LogP contribution is -2.15. The van der Waals surface area contributed by atoms with E-state index in [-0.39, 0.29) is 18.7 Å². The Labute approximate surface area is 156 Å². The second-order valence-electron chi connectivity index (χ2n) is 6.57. The van der Waals surface area contributed by atoms with Crippen LogP contribution in [0.1, 0.15) is 24.2 Å². The quantitative estimate of drug-likeness (QED) is 0.690. The summed E-state index contributed by atoms with van der Waals surface area (Å²) in [5, 5.41) is 4.29. The number of carbonyl (C=O) groups excluding carboxylic acids is 1. The first-order valence-corrected chi connectivity index (χ1v) is 8.71.